The van der Waals surface area contributed by atoms with Crippen molar-refractivity contribution in [3.05, 3.63) is 67.8 Å². The SMILES string of the molecule is CC(C)c1c2c3c(C(C)C)c4c1CCc1cc(c(cc1CC4)CC3)CC2. The molecule has 0 unspecified atom stereocenters. The molecule has 0 saturated heterocycles. The van der Waals surface area contributed by atoms with E-state index in [0.29, 0.717) is 11.8 Å². The predicted octanol–water partition coefficient (Wildman–Crippen LogP) is 6.01. The lowest BCUT2D eigenvalue weighted by atomic mass is 9.70. The second-order valence-electron chi connectivity index (χ2n) is 9.44. The minimum absolute atomic E-state index is 0.647. The average Bonchev–Trinajstić information content (AvgIpc) is 2.56. The highest BCUT2D eigenvalue weighted by Crippen LogP contribution is 2.42. The topological polar surface area (TPSA) is 0 Å². The summed E-state index contributed by atoms with van der Waals surface area (Å²) < 4.78 is 0. The van der Waals surface area contributed by atoms with Crippen molar-refractivity contribution in [1.82, 2.24) is 0 Å². The minimum atomic E-state index is 0.647. The molecule has 2 aromatic carbocycles. The Bertz CT molecular complexity index is 761. The molecule has 0 aliphatic heterocycles. The molecule has 2 aliphatic rings. The summed E-state index contributed by atoms with van der Waals surface area (Å²) >= 11 is 0. The number of hydrogen-bond acceptors (Lipinski definition) is 0. The third-order valence-electron chi connectivity index (χ3n) is 7.28. The quantitative estimate of drug-likeness (QED) is 0.625. The summed E-state index contributed by atoms with van der Waals surface area (Å²) in [4.78, 5) is 0. The summed E-state index contributed by atoms with van der Waals surface area (Å²) in [5, 5.41) is 0. The van der Waals surface area contributed by atoms with Gasteiger partial charge in [0.25, 0.3) is 0 Å². The molecule has 0 radical (unpaired) electrons. The second kappa shape index (κ2) is 5.98. The molecule has 136 valence electrons. The van der Waals surface area contributed by atoms with Gasteiger partial charge >= 0.3 is 0 Å². The van der Waals surface area contributed by atoms with Crippen molar-refractivity contribution in [2.24, 2.45) is 0 Å². The van der Waals surface area contributed by atoms with Crippen molar-refractivity contribution < 1.29 is 0 Å². The Morgan fingerprint density at radius 3 is 0.962 bits per heavy atom. The van der Waals surface area contributed by atoms with Crippen LogP contribution in [0, 0.1) is 0 Å². The first-order valence-electron chi connectivity index (χ1n) is 10.9. The summed E-state index contributed by atoms with van der Waals surface area (Å²) in [6, 6.07) is 5.20. The zero-order valence-electron chi connectivity index (χ0n) is 17.0. The lowest BCUT2D eigenvalue weighted by Gasteiger charge is -2.34. The summed E-state index contributed by atoms with van der Waals surface area (Å²) in [7, 11) is 0. The second-order valence-corrected chi connectivity index (χ2v) is 9.44. The molecule has 0 fully saturated rings. The van der Waals surface area contributed by atoms with Crippen molar-refractivity contribution in [3.8, 4) is 0 Å². The first-order chi connectivity index (χ1) is 12.5. The highest BCUT2D eigenvalue weighted by atomic mass is 14.3. The number of rotatable bonds is 2. The van der Waals surface area contributed by atoms with Crippen LogP contribution < -0.4 is 0 Å². The zero-order chi connectivity index (χ0) is 18.0. The van der Waals surface area contributed by atoms with Crippen LogP contribution in [0.25, 0.3) is 0 Å². The molecule has 2 aromatic rings. The molecule has 0 atom stereocenters. The van der Waals surface area contributed by atoms with Crippen LogP contribution in [0.2, 0.25) is 0 Å². The molecule has 0 spiro atoms. The molecule has 2 aliphatic carbocycles. The van der Waals surface area contributed by atoms with E-state index in [9.17, 15) is 0 Å². The highest BCUT2D eigenvalue weighted by molar-refractivity contribution is 5.58. The molecule has 0 aromatic heterocycles. The molecule has 0 amide bonds. The summed E-state index contributed by atoms with van der Waals surface area (Å²) in [5.41, 5.74) is 17.1. The number of aryl methyl sites for hydroxylation is 4. The van der Waals surface area contributed by atoms with Crippen molar-refractivity contribution in [1.29, 1.82) is 0 Å². The summed E-state index contributed by atoms with van der Waals surface area (Å²) in [6.07, 6.45) is 9.97. The smallest absolute Gasteiger partial charge is 0.0213 e. The fourth-order valence-electron chi connectivity index (χ4n) is 6.31. The minimum Gasteiger partial charge on any atom is -0.0587 e. The van der Waals surface area contributed by atoms with Crippen LogP contribution in [0.1, 0.15) is 95.2 Å². The van der Waals surface area contributed by atoms with Gasteiger partial charge in [-0.1, -0.05) is 39.8 Å². The molecule has 26 heavy (non-hydrogen) atoms. The van der Waals surface area contributed by atoms with E-state index in [1.54, 1.807) is 55.6 Å². The van der Waals surface area contributed by atoms with Crippen LogP contribution in [-0.2, 0) is 51.4 Å². The molecule has 0 heterocycles. The Labute approximate surface area is 159 Å². The first kappa shape index (κ1) is 16.6. The average molecular weight is 345 g/mol. The molecule has 0 bridgehead atoms. The third kappa shape index (κ3) is 2.34. The van der Waals surface area contributed by atoms with Crippen molar-refractivity contribution in [2.75, 3.05) is 0 Å². The van der Waals surface area contributed by atoms with Gasteiger partial charge in [-0.15, -0.1) is 0 Å². The molecule has 4 rings (SSSR count). The van der Waals surface area contributed by atoms with Crippen molar-refractivity contribution >= 4 is 0 Å². The van der Waals surface area contributed by atoms with Crippen molar-refractivity contribution in [3.63, 3.8) is 0 Å². The standard InChI is InChI=1S/C26H32/c1-15(2)25-21-9-5-17-13-18-6-10-22(25)24-12-8-20(18)14-19(17)7-11-23(21)26(24)16(3)4/h13-16H,5-12H2,1-4H3. The maximum atomic E-state index is 2.60. The van der Waals surface area contributed by atoms with E-state index < -0.39 is 0 Å². The van der Waals surface area contributed by atoms with E-state index in [2.05, 4.69) is 39.8 Å². The van der Waals surface area contributed by atoms with E-state index in [0.717, 1.165) is 0 Å². The lowest BCUT2D eigenvalue weighted by molar-refractivity contribution is 0.700. The highest BCUT2D eigenvalue weighted by Gasteiger charge is 2.29. The van der Waals surface area contributed by atoms with Crippen LogP contribution in [0.4, 0.5) is 0 Å². The number of hydrogen-bond donors (Lipinski definition) is 0. The summed E-state index contributed by atoms with van der Waals surface area (Å²) in [6.45, 7) is 9.74. The largest absolute Gasteiger partial charge is 0.0587 e. The monoisotopic (exact) mass is 344 g/mol. The van der Waals surface area contributed by atoms with Gasteiger partial charge in [0.15, 0.2) is 0 Å². The fourth-order valence-corrected chi connectivity index (χ4v) is 6.31. The van der Waals surface area contributed by atoms with Gasteiger partial charge in [-0.05, 0) is 119 Å². The van der Waals surface area contributed by atoms with Gasteiger partial charge in [0.1, 0.15) is 0 Å². The predicted molar refractivity (Wildman–Crippen MR) is 111 cm³/mol. The van der Waals surface area contributed by atoms with Crippen LogP contribution in [0.5, 0.6) is 0 Å². The van der Waals surface area contributed by atoms with Crippen LogP contribution >= 0.6 is 0 Å². The van der Waals surface area contributed by atoms with Gasteiger partial charge in [0.2, 0.25) is 0 Å². The first-order valence-corrected chi connectivity index (χ1v) is 10.9. The van der Waals surface area contributed by atoms with Gasteiger partial charge in [-0.3, -0.25) is 0 Å². The Morgan fingerprint density at radius 1 is 0.462 bits per heavy atom. The Morgan fingerprint density at radius 2 is 0.731 bits per heavy atom. The van der Waals surface area contributed by atoms with Crippen molar-refractivity contribution in [2.45, 2.75) is 90.9 Å². The van der Waals surface area contributed by atoms with E-state index in [1.807, 2.05) is 0 Å². The van der Waals surface area contributed by atoms with E-state index in [1.165, 1.54) is 51.4 Å². The maximum Gasteiger partial charge on any atom is -0.0213 e. The van der Waals surface area contributed by atoms with Gasteiger partial charge in [0, 0.05) is 0 Å². The van der Waals surface area contributed by atoms with Gasteiger partial charge in [-0.25, -0.2) is 0 Å². The normalized spacial score (nSPS) is 17.5. The Kier molecular flexibility index (Phi) is 3.82. The van der Waals surface area contributed by atoms with E-state index in [4.69, 9.17) is 0 Å². The molecule has 0 saturated carbocycles. The van der Waals surface area contributed by atoms with Crippen LogP contribution in [-0.4, -0.2) is 0 Å². The molecular weight excluding hydrogens is 312 g/mol. The summed E-state index contributed by atoms with van der Waals surface area (Å²) in [5.74, 6) is 1.29. The number of benzene rings is 2. The van der Waals surface area contributed by atoms with Gasteiger partial charge < -0.3 is 0 Å². The fraction of sp³-hybridized carbons (Fsp3) is 0.538. The third-order valence-corrected chi connectivity index (χ3v) is 7.28. The van der Waals surface area contributed by atoms with Crippen LogP contribution in [0.15, 0.2) is 12.1 Å². The maximum absolute atomic E-state index is 2.60. The molecule has 0 nitrogen and oxygen atoms in total. The van der Waals surface area contributed by atoms with E-state index >= 15 is 0 Å². The van der Waals surface area contributed by atoms with Gasteiger partial charge in [-0.2, -0.15) is 0 Å². The molecule has 0 heteroatoms. The van der Waals surface area contributed by atoms with Gasteiger partial charge in [0.05, 0.1) is 0 Å². The Hall–Kier alpha value is -1.56. The van der Waals surface area contributed by atoms with E-state index in [-0.39, 0.29) is 0 Å². The zero-order valence-corrected chi connectivity index (χ0v) is 17.0. The molecule has 0 N–H and O–H groups in total. The Balaban J connectivity index is 1.91. The lowest BCUT2D eigenvalue weighted by Crippen LogP contribution is -2.23. The number of fused-ring (bicyclic) bond motifs is 4. The molecular formula is C26H32. The van der Waals surface area contributed by atoms with Crippen LogP contribution in [0.3, 0.4) is 0 Å².